The van der Waals surface area contributed by atoms with Crippen molar-refractivity contribution >= 4 is 23.5 Å². The number of ether oxygens (including phenoxy) is 1. The predicted octanol–water partition coefficient (Wildman–Crippen LogP) is 2.62. The van der Waals surface area contributed by atoms with Crippen molar-refractivity contribution in [3.8, 4) is 5.75 Å². The van der Waals surface area contributed by atoms with Crippen LogP contribution >= 0.6 is 11.6 Å². The number of aromatic carboxylic acids is 1. The molecule has 6 heteroatoms. The van der Waals surface area contributed by atoms with Crippen molar-refractivity contribution in [2.45, 2.75) is 0 Å². The zero-order valence-corrected chi connectivity index (χ0v) is 12.2. The van der Waals surface area contributed by atoms with E-state index in [1.165, 1.54) is 23.1 Å². The lowest BCUT2D eigenvalue weighted by Crippen LogP contribution is -2.35. The molecule has 0 bridgehead atoms. The number of hydrogen-bond acceptors (Lipinski definition) is 3. The lowest BCUT2D eigenvalue weighted by Gasteiger charge is -2.19. The molecule has 0 spiro atoms. The maximum absolute atomic E-state index is 12.0. The van der Waals surface area contributed by atoms with Crippen molar-refractivity contribution in [2.75, 3.05) is 19.7 Å². The number of halogens is 1. The van der Waals surface area contributed by atoms with E-state index in [0.29, 0.717) is 18.1 Å². The fourth-order valence-corrected chi connectivity index (χ4v) is 1.77. The second-order valence-electron chi connectivity index (χ2n) is 4.11. The maximum atomic E-state index is 12.0. The first-order chi connectivity index (χ1) is 9.99. The standard InChI is InChI=1S/C15H16ClNO4/c1-3-7-17(8-4-2)14(18)10-21-13-9-11(16)5-6-12(13)15(19)20/h3-6,9H,1-2,7-8,10H2,(H,19,20). The molecule has 1 amide bonds. The third-order valence-electron chi connectivity index (χ3n) is 2.58. The third-order valence-corrected chi connectivity index (χ3v) is 2.81. The molecule has 0 unspecified atom stereocenters. The van der Waals surface area contributed by atoms with Crippen LogP contribution in [-0.2, 0) is 4.79 Å². The third kappa shape index (κ3) is 4.96. The highest BCUT2D eigenvalue weighted by molar-refractivity contribution is 6.30. The molecule has 0 atom stereocenters. The van der Waals surface area contributed by atoms with Gasteiger partial charge in [-0.3, -0.25) is 4.79 Å². The van der Waals surface area contributed by atoms with Crippen LogP contribution in [-0.4, -0.2) is 41.6 Å². The van der Waals surface area contributed by atoms with Gasteiger partial charge in [-0.15, -0.1) is 13.2 Å². The summed E-state index contributed by atoms with van der Waals surface area (Å²) in [5, 5.41) is 9.38. The van der Waals surface area contributed by atoms with E-state index in [9.17, 15) is 9.59 Å². The van der Waals surface area contributed by atoms with Crippen molar-refractivity contribution in [1.82, 2.24) is 4.90 Å². The van der Waals surface area contributed by atoms with Crippen LogP contribution in [0, 0.1) is 0 Å². The lowest BCUT2D eigenvalue weighted by molar-refractivity contribution is -0.132. The summed E-state index contributed by atoms with van der Waals surface area (Å²) in [7, 11) is 0. The first-order valence-corrected chi connectivity index (χ1v) is 6.52. The van der Waals surface area contributed by atoms with Crippen LogP contribution in [0.15, 0.2) is 43.5 Å². The summed E-state index contributed by atoms with van der Waals surface area (Å²) in [6.07, 6.45) is 3.17. The molecule has 0 aromatic heterocycles. The molecule has 1 aromatic rings. The number of carbonyl (C=O) groups is 2. The summed E-state index contributed by atoms with van der Waals surface area (Å²) in [6, 6.07) is 4.14. The second-order valence-corrected chi connectivity index (χ2v) is 4.55. The monoisotopic (exact) mass is 309 g/mol. The molecule has 1 rings (SSSR count). The minimum atomic E-state index is -1.15. The van der Waals surface area contributed by atoms with E-state index in [1.54, 1.807) is 12.2 Å². The van der Waals surface area contributed by atoms with Crippen LogP contribution in [0.25, 0.3) is 0 Å². The summed E-state index contributed by atoms with van der Waals surface area (Å²) in [4.78, 5) is 24.5. The van der Waals surface area contributed by atoms with Crippen molar-refractivity contribution in [3.05, 3.63) is 54.1 Å². The highest BCUT2D eigenvalue weighted by Crippen LogP contribution is 2.23. The Morgan fingerprint density at radius 1 is 1.29 bits per heavy atom. The minimum absolute atomic E-state index is 0.0498. The highest BCUT2D eigenvalue weighted by atomic mass is 35.5. The number of benzene rings is 1. The number of rotatable bonds is 8. The summed E-state index contributed by atoms with van der Waals surface area (Å²) in [5.41, 5.74) is -0.0498. The number of carbonyl (C=O) groups excluding carboxylic acids is 1. The maximum Gasteiger partial charge on any atom is 0.339 e. The van der Waals surface area contributed by atoms with Crippen LogP contribution in [0.3, 0.4) is 0 Å². The molecular formula is C15H16ClNO4. The van der Waals surface area contributed by atoms with Crippen LogP contribution in [0.1, 0.15) is 10.4 Å². The van der Waals surface area contributed by atoms with Crippen molar-refractivity contribution in [1.29, 1.82) is 0 Å². The Bertz CT molecular complexity index is 547. The predicted molar refractivity (Wildman–Crippen MR) is 80.9 cm³/mol. The summed E-state index contributed by atoms with van der Waals surface area (Å²) in [5.74, 6) is -1.39. The van der Waals surface area contributed by atoms with Gasteiger partial charge >= 0.3 is 5.97 Å². The SMILES string of the molecule is C=CCN(CC=C)C(=O)COc1cc(Cl)ccc1C(=O)O. The fraction of sp³-hybridized carbons (Fsp3) is 0.200. The molecule has 112 valence electrons. The molecule has 5 nitrogen and oxygen atoms in total. The van der Waals surface area contributed by atoms with Crippen LogP contribution < -0.4 is 4.74 Å². The van der Waals surface area contributed by atoms with Gasteiger partial charge in [0.15, 0.2) is 6.61 Å². The zero-order chi connectivity index (χ0) is 15.8. The molecule has 0 aliphatic carbocycles. The zero-order valence-electron chi connectivity index (χ0n) is 11.4. The Morgan fingerprint density at radius 3 is 2.43 bits per heavy atom. The quantitative estimate of drug-likeness (QED) is 0.750. The van der Waals surface area contributed by atoms with E-state index in [-0.39, 0.29) is 23.8 Å². The minimum Gasteiger partial charge on any atom is -0.483 e. The van der Waals surface area contributed by atoms with Crippen LogP contribution in [0.4, 0.5) is 0 Å². The van der Waals surface area contributed by atoms with E-state index in [2.05, 4.69) is 13.2 Å². The molecule has 1 aromatic carbocycles. The average Bonchev–Trinajstić information content (AvgIpc) is 2.44. The molecule has 0 saturated heterocycles. The van der Waals surface area contributed by atoms with Crippen molar-refractivity contribution < 1.29 is 19.4 Å². The van der Waals surface area contributed by atoms with Crippen LogP contribution in [0.2, 0.25) is 5.02 Å². The second kappa shape index (κ2) is 8.11. The van der Waals surface area contributed by atoms with Crippen molar-refractivity contribution in [3.63, 3.8) is 0 Å². The summed E-state index contributed by atoms with van der Waals surface area (Å²) in [6.45, 7) is 7.56. The first kappa shape index (κ1) is 16.8. The normalized spacial score (nSPS) is 9.76. The summed E-state index contributed by atoms with van der Waals surface area (Å²) >= 11 is 5.80. The number of carboxylic acids is 1. The van der Waals surface area contributed by atoms with E-state index < -0.39 is 5.97 Å². The Hall–Kier alpha value is -2.27. The smallest absolute Gasteiger partial charge is 0.339 e. The van der Waals surface area contributed by atoms with Gasteiger partial charge in [0, 0.05) is 18.1 Å². The fourth-order valence-electron chi connectivity index (χ4n) is 1.61. The molecule has 0 heterocycles. The average molecular weight is 310 g/mol. The molecule has 1 N–H and O–H groups in total. The van der Waals surface area contributed by atoms with Crippen LogP contribution in [0.5, 0.6) is 5.75 Å². The van der Waals surface area contributed by atoms with Gasteiger partial charge in [-0.1, -0.05) is 23.8 Å². The van der Waals surface area contributed by atoms with Gasteiger partial charge in [-0.05, 0) is 18.2 Å². The molecule has 0 aliphatic heterocycles. The van der Waals surface area contributed by atoms with Gasteiger partial charge in [-0.2, -0.15) is 0 Å². The van der Waals surface area contributed by atoms with E-state index in [0.717, 1.165) is 0 Å². The van der Waals surface area contributed by atoms with E-state index in [4.69, 9.17) is 21.4 Å². The van der Waals surface area contributed by atoms with Crippen molar-refractivity contribution in [2.24, 2.45) is 0 Å². The molecule has 0 aliphatic rings. The number of nitrogens with zero attached hydrogens (tertiary/aromatic N) is 1. The van der Waals surface area contributed by atoms with Gasteiger partial charge in [0.25, 0.3) is 5.91 Å². The van der Waals surface area contributed by atoms with E-state index >= 15 is 0 Å². The number of amides is 1. The van der Waals surface area contributed by atoms with Gasteiger partial charge in [0.2, 0.25) is 0 Å². The molecule has 0 radical (unpaired) electrons. The Morgan fingerprint density at radius 2 is 1.90 bits per heavy atom. The Balaban J connectivity index is 2.80. The van der Waals surface area contributed by atoms with Gasteiger partial charge in [-0.25, -0.2) is 4.79 Å². The summed E-state index contributed by atoms with van der Waals surface area (Å²) < 4.78 is 5.29. The molecule has 0 fully saturated rings. The molecular weight excluding hydrogens is 294 g/mol. The van der Waals surface area contributed by atoms with Gasteiger partial charge in [0.05, 0.1) is 0 Å². The first-order valence-electron chi connectivity index (χ1n) is 6.14. The molecule has 0 saturated carbocycles. The lowest BCUT2D eigenvalue weighted by atomic mass is 10.2. The topological polar surface area (TPSA) is 66.8 Å². The highest BCUT2D eigenvalue weighted by Gasteiger charge is 2.15. The Labute approximate surface area is 128 Å². The van der Waals surface area contributed by atoms with E-state index in [1.807, 2.05) is 0 Å². The Kier molecular flexibility index (Phi) is 6.49. The van der Waals surface area contributed by atoms with Gasteiger partial charge < -0.3 is 14.7 Å². The number of hydrogen-bond donors (Lipinski definition) is 1. The largest absolute Gasteiger partial charge is 0.483 e. The van der Waals surface area contributed by atoms with Gasteiger partial charge in [0.1, 0.15) is 11.3 Å². The number of carboxylic acid groups (broad SMARTS) is 1. The molecule has 21 heavy (non-hydrogen) atoms.